The Bertz CT molecular complexity index is 916. The van der Waals surface area contributed by atoms with Crippen LogP contribution in [0.5, 0.6) is 5.75 Å². The molecule has 0 saturated carbocycles. The van der Waals surface area contributed by atoms with Gasteiger partial charge in [-0.1, -0.05) is 19.1 Å². The molecular formula is C21H24N2O4S. The van der Waals surface area contributed by atoms with Gasteiger partial charge in [0.15, 0.2) is 0 Å². The Kier molecular flexibility index (Phi) is 6.49. The van der Waals surface area contributed by atoms with E-state index in [1.165, 1.54) is 16.4 Å². The third kappa shape index (κ3) is 4.79. The highest BCUT2D eigenvalue weighted by Crippen LogP contribution is 2.22. The standard InChI is InChI=1S/C21H24N2O4S/c1-2-16-27-19-10-6-17(7-11-19)21(24)22-18-8-12-20(13-9-18)28(25,26)23-14-4-3-5-15-23/h2,6-13H,1,3-5,14-16H2,(H,22,24). The van der Waals surface area contributed by atoms with Crippen LogP contribution in [0.4, 0.5) is 5.69 Å². The molecule has 1 fully saturated rings. The number of sulfonamides is 1. The summed E-state index contributed by atoms with van der Waals surface area (Å²) in [5, 5.41) is 2.77. The highest BCUT2D eigenvalue weighted by molar-refractivity contribution is 7.89. The monoisotopic (exact) mass is 400 g/mol. The van der Waals surface area contributed by atoms with Crippen molar-refractivity contribution in [3.63, 3.8) is 0 Å². The number of anilines is 1. The molecule has 148 valence electrons. The summed E-state index contributed by atoms with van der Waals surface area (Å²) in [6, 6.07) is 13.1. The second kappa shape index (κ2) is 9.03. The number of hydrogen-bond acceptors (Lipinski definition) is 4. The van der Waals surface area contributed by atoms with Gasteiger partial charge in [-0.3, -0.25) is 4.79 Å². The molecule has 1 N–H and O–H groups in total. The summed E-state index contributed by atoms with van der Waals surface area (Å²) in [5.41, 5.74) is 1.02. The third-order valence-electron chi connectivity index (χ3n) is 4.55. The van der Waals surface area contributed by atoms with Crippen molar-refractivity contribution in [1.29, 1.82) is 0 Å². The zero-order valence-electron chi connectivity index (χ0n) is 15.6. The number of amides is 1. The SMILES string of the molecule is C=CCOc1ccc(C(=O)Nc2ccc(S(=O)(=O)N3CCCCC3)cc2)cc1. The lowest BCUT2D eigenvalue weighted by Gasteiger charge is -2.25. The van der Waals surface area contributed by atoms with Gasteiger partial charge in [0.05, 0.1) is 4.90 Å². The van der Waals surface area contributed by atoms with E-state index in [4.69, 9.17) is 4.74 Å². The van der Waals surface area contributed by atoms with Crippen LogP contribution < -0.4 is 10.1 Å². The average Bonchev–Trinajstić information content (AvgIpc) is 2.73. The van der Waals surface area contributed by atoms with Crippen molar-refractivity contribution < 1.29 is 17.9 Å². The van der Waals surface area contributed by atoms with Crippen LogP contribution in [0.15, 0.2) is 66.1 Å². The summed E-state index contributed by atoms with van der Waals surface area (Å²) in [6.07, 6.45) is 4.50. The van der Waals surface area contributed by atoms with E-state index in [9.17, 15) is 13.2 Å². The molecule has 2 aromatic rings. The van der Waals surface area contributed by atoms with Crippen LogP contribution in [0, 0.1) is 0 Å². The fraction of sp³-hybridized carbons (Fsp3) is 0.286. The Morgan fingerprint density at radius 1 is 1.04 bits per heavy atom. The van der Waals surface area contributed by atoms with Crippen molar-refractivity contribution in [2.45, 2.75) is 24.2 Å². The quantitative estimate of drug-likeness (QED) is 0.720. The molecule has 0 aromatic heterocycles. The molecule has 0 radical (unpaired) electrons. The van der Waals surface area contributed by atoms with Crippen molar-refractivity contribution in [3.05, 3.63) is 66.7 Å². The summed E-state index contributed by atoms with van der Waals surface area (Å²) in [4.78, 5) is 12.6. The molecule has 28 heavy (non-hydrogen) atoms. The lowest BCUT2D eigenvalue weighted by atomic mass is 10.2. The Balaban J connectivity index is 1.65. The van der Waals surface area contributed by atoms with E-state index in [1.54, 1.807) is 42.5 Å². The van der Waals surface area contributed by atoms with Crippen molar-refractivity contribution >= 4 is 21.6 Å². The van der Waals surface area contributed by atoms with Gasteiger partial charge in [0.2, 0.25) is 10.0 Å². The molecule has 2 aromatic carbocycles. The maximum atomic E-state index is 12.7. The van der Waals surface area contributed by atoms with Crippen molar-refractivity contribution in [1.82, 2.24) is 4.31 Å². The summed E-state index contributed by atoms with van der Waals surface area (Å²) >= 11 is 0. The molecule has 1 aliphatic rings. The van der Waals surface area contributed by atoms with Gasteiger partial charge in [-0.15, -0.1) is 0 Å². The van der Waals surface area contributed by atoms with E-state index in [0.717, 1.165) is 19.3 Å². The average molecular weight is 401 g/mol. The number of ether oxygens (including phenoxy) is 1. The number of carbonyl (C=O) groups is 1. The molecule has 1 saturated heterocycles. The first-order chi connectivity index (χ1) is 13.5. The normalized spacial score (nSPS) is 15.0. The lowest BCUT2D eigenvalue weighted by molar-refractivity contribution is 0.102. The molecule has 3 rings (SSSR count). The fourth-order valence-corrected chi connectivity index (χ4v) is 4.54. The van der Waals surface area contributed by atoms with Gasteiger partial charge < -0.3 is 10.1 Å². The minimum absolute atomic E-state index is 0.246. The molecule has 0 aliphatic carbocycles. The predicted octanol–water partition coefficient (Wildman–Crippen LogP) is 3.68. The minimum Gasteiger partial charge on any atom is -0.490 e. The second-order valence-corrected chi connectivity index (χ2v) is 8.51. The third-order valence-corrected chi connectivity index (χ3v) is 6.46. The number of carbonyl (C=O) groups excluding carboxylic acids is 1. The summed E-state index contributed by atoms with van der Waals surface area (Å²) in [6.45, 7) is 5.11. The molecule has 1 aliphatic heterocycles. The highest BCUT2D eigenvalue weighted by atomic mass is 32.2. The van der Waals surface area contributed by atoms with Gasteiger partial charge >= 0.3 is 0 Å². The van der Waals surface area contributed by atoms with Gasteiger partial charge in [-0.2, -0.15) is 4.31 Å². The van der Waals surface area contributed by atoms with E-state index in [2.05, 4.69) is 11.9 Å². The van der Waals surface area contributed by atoms with Crippen LogP contribution in [0.2, 0.25) is 0 Å². The first-order valence-electron chi connectivity index (χ1n) is 9.26. The number of benzene rings is 2. The second-order valence-electron chi connectivity index (χ2n) is 6.57. The predicted molar refractivity (Wildman–Crippen MR) is 109 cm³/mol. The van der Waals surface area contributed by atoms with Gasteiger partial charge in [-0.05, 0) is 61.4 Å². The van der Waals surface area contributed by atoms with Crippen LogP contribution in [0.1, 0.15) is 29.6 Å². The first kappa shape index (κ1) is 20.1. The number of rotatable bonds is 7. The zero-order valence-corrected chi connectivity index (χ0v) is 16.5. The first-order valence-corrected chi connectivity index (χ1v) is 10.7. The number of piperidine rings is 1. The maximum Gasteiger partial charge on any atom is 0.255 e. The van der Waals surface area contributed by atoms with E-state index in [0.29, 0.717) is 36.7 Å². The lowest BCUT2D eigenvalue weighted by Crippen LogP contribution is -2.35. The molecule has 0 unspecified atom stereocenters. The Labute approximate surface area is 165 Å². The summed E-state index contributed by atoms with van der Waals surface area (Å²) < 4.78 is 32.3. The zero-order chi connectivity index (χ0) is 20.0. The van der Waals surface area contributed by atoms with Crippen molar-refractivity contribution in [2.24, 2.45) is 0 Å². The van der Waals surface area contributed by atoms with Gasteiger partial charge in [0.1, 0.15) is 12.4 Å². The van der Waals surface area contributed by atoms with Crippen LogP contribution >= 0.6 is 0 Å². The summed E-state index contributed by atoms with van der Waals surface area (Å²) in [7, 11) is -3.47. The number of nitrogens with one attached hydrogen (secondary N) is 1. The molecule has 1 heterocycles. The molecule has 6 nitrogen and oxygen atoms in total. The van der Waals surface area contributed by atoms with Crippen LogP contribution in [-0.2, 0) is 10.0 Å². The van der Waals surface area contributed by atoms with E-state index < -0.39 is 10.0 Å². The molecule has 0 bridgehead atoms. The Morgan fingerprint density at radius 2 is 1.68 bits per heavy atom. The minimum atomic E-state index is -3.47. The summed E-state index contributed by atoms with van der Waals surface area (Å²) in [5.74, 6) is 0.380. The van der Waals surface area contributed by atoms with Gasteiger partial charge in [-0.25, -0.2) is 8.42 Å². The molecule has 1 amide bonds. The van der Waals surface area contributed by atoms with Gasteiger partial charge in [0, 0.05) is 24.3 Å². The van der Waals surface area contributed by atoms with Gasteiger partial charge in [0.25, 0.3) is 5.91 Å². The topological polar surface area (TPSA) is 75.7 Å². The highest BCUT2D eigenvalue weighted by Gasteiger charge is 2.25. The largest absolute Gasteiger partial charge is 0.490 e. The van der Waals surface area contributed by atoms with E-state index in [1.807, 2.05) is 0 Å². The molecule has 0 spiro atoms. The number of hydrogen-bond donors (Lipinski definition) is 1. The fourth-order valence-electron chi connectivity index (χ4n) is 3.03. The van der Waals surface area contributed by atoms with Crippen molar-refractivity contribution in [2.75, 3.05) is 25.0 Å². The molecule has 7 heteroatoms. The smallest absolute Gasteiger partial charge is 0.255 e. The Morgan fingerprint density at radius 3 is 2.29 bits per heavy atom. The molecular weight excluding hydrogens is 376 g/mol. The van der Waals surface area contributed by atoms with Crippen LogP contribution in [0.3, 0.4) is 0 Å². The van der Waals surface area contributed by atoms with Crippen molar-refractivity contribution in [3.8, 4) is 5.75 Å². The van der Waals surface area contributed by atoms with E-state index in [-0.39, 0.29) is 10.8 Å². The van der Waals surface area contributed by atoms with Crippen LogP contribution in [-0.4, -0.2) is 38.3 Å². The molecule has 0 atom stereocenters. The number of nitrogens with zero attached hydrogens (tertiary/aromatic N) is 1. The van der Waals surface area contributed by atoms with E-state index >= 15 is 0 Å². The maximum absolute atomic E-state index is 12.7. The van der Waals surface area contributed by atoms with Crippen LogP contribution in [0.25, 0.3) is 0 Å². The Hall–Kier alpha value is -2.64.